The molecule has 2 heteroatoms. The zero-order valence-electron chi connectivity index (χ0n) is 16.3. The van der Waals surface area contributed by atoms with Crippen LogP contribution in [0.25, 0.3) is 0 Å². The molecule has 4 rings (SSSR count). The second kappa shape index (κ2) is 6.05. The lowest BCUT2D eigenvalue weighted by atomic mass is 9.34. The van der Waals surface area contributed by atoms with Crippen molar-refractivity contribution in [2.75, 3.05) is 0 Å². The van der Waals surface area contributed by atoms with E-state index in [0.717, 1.165) is 11.5 Å². The van der Waals surface area contributed by atoms with Crippen LogP contribution in [0.1, 0.15) is 37.5 Å². The molecule has 0 spiro atoms. The summed E-state index contributed by atoms with van der Waals surface area (Å²) in [5, 5.41) is 0. The largest absolute Gasteiger partial charge is 0.458 e. The number of aryl methyl sites for hydroxylation is 2. The van der Waals surface area contributed by atoms with Crippen molar-refractivity contribution in [2.24, 2.45) is 0 Å². The maximum absolute atomic E-state index is 6.34. The summed E-state index contributed by atoms with van der Waals surface area (Å²) in [6, 6.07) is 21.8. The van der Waals surface area contributed by atoms with Gasteiger partial charge in [-0.3, -0.25) is 0 Å². The summed E-state index contributed by atoms with van der Waals surface area (Å²) in [6.45, 7) is 11.4. The molecule has 0 radical (unpaired) electrons. The zero-order chi connectivity index (χ0) is 18.5. The average molecular weight is 340 g/mol. The number of hydrogen-bond donors (Lipinski definition) is 0. The first-order valence-electron chi connectivity index (χ1n) is 9.33. The molecule has 0 aliphatic carbocycles. The fourth-order valence-electron chi connectivity index (χ4n) is 4.02. The summed E-state index contributed by atoms with van der Waals surface area (Å²) in [6.07, 6.45) is 0. The highest BCUT2D eigenvalue weighted by Crippen LogP contribution is 2.30. The molecule has 26 heavy (non-hydrogen) atoms. The van der Waals surface area contributed by atoms with Crippen molar-refractivity contribution >= 4 is 23.1 Å². The van der Waals surface area contributed by atoms with Gasteiger partial charge in [-0.1, -0.05) is 85.9 Å². The van der Waals surface area contributed by atoms with Gasteiger partial charge in [-0.15, -0.1) is 0 Å². The van der Waals surface area contributed by atoms with E-state index < -0.39 is 0 Å². The Kier molecular flexibility index (Phi) is 3.95. The third-order valence-electron chi connectivity index (χ3n) is 5.47. The molecule has 0 unspecified atom stereocenters. The second-order valence-corrected chi connectivity index (χ2v) is 8.38. The lowest BCUT2D eigenvalue weighted by Crippen LogP contribution is -2.56. The fourth-order valence-corrected chi connectivity index (χ4v) is 4.02. The molecule has 130 valence electrons. The molecule has 0 aromatic heterocycles. The third kappa shape index (κ3) is 2.74. The SMILES string of the molecule is Cc1cccc(C)c1B1c2ccccc2Oc2cc(C(C)(C)C)ccc21. The summed E-state index contributed by atoms with van der Waals surface area (Å²) in [5.41, 5.74) is 7.97. The Labute approximate surface area is 157 Å². The van der Waals surface area contributed by atoms with Gasteiger partial charge in [0.1, 0.15) is 11.5 Å². The van der Waals surface area contributed by atoms with Gasteiger partial charge in [-0.2, -0.15) is 0 Å². The van der Waals surface area contributed by atoms with Gasteiger partial charge < -0.3 is 4.74 Å². The molecule has 1 heterocycles. The minimum absolute atomic E-state index is 0.101. The summed E-state index contributed by atoms with van der Waals surface area (Å²) < 4.78 is 6.34. The average Bonchev–Trinajstić information content (AvgIpc) is 2.59. The molecule has 1 aliphatic heterocycles. The first kappa shape index (κ1) is 17.0. The molecular formula is C24H25BO. The van der Waals surface area contributed by atoms with E-state index in [0.29, 0.717) is 0 Å². The Hall–Kier alpha value is -2.48. The first-order valence-corrected chi connectivity index (χ1v) is 9.33. The highest BCUT2D eigenvalue weighted by Gasteiger charge is 2.34. The van der Waals surface area contributed by atoms with Gasteiger partial charge in [-0.25, -0.2) is 0 Å². The predicted molar refractivity (Wildman–Crippen MR) is 112 cm³/mol. The number of ether oxygens (including phenoxy) is 1. The van der Waals surface area contributed by atoms with E-state index in [2.05, 4.69) is 95.3 Å². The van der Waals surface area contributed by atoms with Crippen LogP contribution >= 0.6 is 0 Å². The Morgan fingerprint density at radius 1 is 0.731 bits per heavy atom. The van der Waals surface area contributed by atoms with Crippen molar-refractivity contribution in [2.45, 2.75) is 40.0 Å². The van der Waals surface area contributed by atoms with Crippen LogP contribution in [0.2, 0.25) is 0 Å². The first-order chi connectivity index (χ1) is 12.4. The van der Waals surface area contributed by atoms with Crippen molar-refractivity contribution in [3.63, 3.8) is 0 Å². The predicted octanol–water partition coefficient (Wildman–Crippen LogP) is 4.22. The highest BCUT2D eigenvalue weighted by molar-refractivity contribution is 6.97. The Bertz CT molecular complexity index is 961. The lowest BCUT2D eigenvalue weighted by Gasteiger charge is -2.30. The Balaban J connectivity index is 1.98. The second-order valence-electron chi connectivity index (χ2n) is 8.38. The molecule has 0 N–H and O–H groups in total. The van der Waals surface area contributed by atoms with Gasteiger partial charge in [0.15, 0.2) is 0 Å². The fraction of sp³-hybridized carbons (Fsp3) is 0.250. The maximum atomic E-state index is 6.34. The van der Waals surface area contributed by atoms with Gasteiger partial charge in [0.2, 0.25) is 0 Å². The highest BCUT2D eigenvalue weighted by atomic mass is 16.5. The molecule has 0 saturated heterocycles. The van der Waals surface area contributed by atoms with Gasteiger partial charge in [0, 0.05) is 0 Å². The number of hydrogen-bond acceptors (Lipinski definition) is 1. The number of fused-ring (bicyclic) bond motifs is 2. The smallest absolute Gasteiger partial charge is 0.251 e. The van der Waals surface area contributed by atoms with E-state index in [1.54, 1.807) is 0 Å². The van der Waals surface area contributed by atoms with Crippen LogP contribution in [0.4, 0.5) is 0 Å². The standard InChI is InChI=1S/C24H25BO/c1-16-9-8-10-17(2)23(16)25-19-11-6-7-12-21(19)26-22-15-18(24(3,4)5)13-14-20(22)25/h6-15H,1-5H3. The van der Waals surface area contributed by atoms with E-state index in [1.165, 1.54) is 33.1 Å². The molecule has 1 nitrogen and oxygen atoms in total. The Morgan fingerprint density at radius 3 is 2.08 bits per heavy atom. The van der Waals surface area contributed by atoms with Crippen molar-refractivity contribution in [3.05, 3.63) is 77.4 Å². The molecule has 3 aromatic carbocycles. The summed E-state index contributed by atoms with van der Waals surface area (Å²) in [5.74, 6) is 1.96. The van der Waals surface area contributed by atoms with E-state index in [4.69, 9.17) is 4.74 Å². The van der Waals surface area contributed by atoms with Crippen molar-refractivity contribution in [1.82, 2.24) is 0 Å². The van der Waals surface area contributed by atoms with Gasteiger partial charge in [0.05, 0.1) is 0 Å². The van der Waals surface area contributed by atoms with E-state index >= 15 is 0 Å². The molecular weight excluding hydrogens is 315 g/mol. The summed E-state index contributed by atoms with van der Waals surface area (Å²) >= 11 is 0. The maximum Gasteiger partial charge on any atom is 0.251 e. The summed E-state index contributed by atoms with van der Waals surface area (Å²) in [7, 11) is 0. The molecule has 3 aromatic rings. The van der Waals surface area contributed by atoms with Gasteiger partial charge in [0.25, 0.3) is 6.71 Å². The van der Waals surface area contributed by atoms with Crippen LogP contribution in [0.15, 0.2) is 60.7 Å². The topological polar surface area (TPSA) is 9.23 Å². The van der Waals surface area contributed by atoms with E-state index in [9.17, 15) is 0 Å². The normalized spacial score (nSPS) is 13.0. The monoisotopic (exact) mass is 340 g/mol. The van der Waals surface area contributed by atoms with Crippen LogP contribution in [0, 0.1) is 13.8 Å². The molecule has 0 saturated carbocycles. The van der Waals surface area contributed by atoms with Crippen molar-refractivity contribution < 1.29 is 4.74 Å². The number of benzene rings is 3. The lowest BCUT2D eigenvalue weighted by molar-refractivity contribution is 0.483. The van der Waals surface area contributed by atoms with Crippen LogP contribution in [0.3, 0.4) is 0 Å². The molecule has 0 bridgehead atoms. The summed E-state index contributed by atoms with van der Waals surface area (Å²) in [4.78, 5) is 0. The van der Waals surface area contributed by atoms with E-state index in [1.807, 2.05) is 0 Å². The number of rotatable bonds is 1. The molecule has 0 atom stereocenters. The van der Waals surface area contributed by atoms with Crippen LogP contribution in [-0.4, -0.2) is 6.71 Å². The zero-order valence-corrected chi connectivity index (χ0v) is 16.3. The van der Waals surface area contributed by atoms with Gasteiger partial charge in [-0.05, 0) is 47.9 Å². The quantitative estimate of drug-likeness (QED) is 0.472. The minimum atomic E-state index is 0.101. The molecule has 0 fully saturated rings. The third-order valence-corrected chi connectivity index (χ3v) is 5.47. The van der Waals surface area contributed by atoms with Crippen LogP contribution in [-0.2, 0) is 5.41 Å². The molecule has 0 amide bonds. The van der Waals surface area contributed by atoms with Crippen molar-refractivity contribution in [3.8, 4) is 11.5 Å². The minimum Gasteiger partial charge on any atom is -0.458 e. The Morgan fingerprint density at radius 2 is 1.38 bits per heavy atom. The molecule has 1 aliphatic rings. The van der Waals surface area contributed by atoms with E-state index in [-0.39, 0.29) is 12.1 Å². The van der Waals surface area contributed by atoms with Crippen LogP contribution in [0.5, 0.6) is 11.5 Å². The number of para-hydroxylation sites is 1. The van der Waals surface area contributed by atoms with Gasteiger partial charge >= 0.3 is 0 Å². The van der Waals surface area contributed by atoms with Crippen LogP contribution < -0.4 is 21.1 Å². The van der Waals surface area contributed by atoms with Crippen molar-refractivity contribution in [1.29, 1.82) is 0 Å².